The maximum atomic E-state index is 10.9. The number of nitrogens with one attached hydrogen (secondary N) is 1. The van der Waals surface area contributed by atoms with Crippen molar-refractivity contribution < 1.29 is 14.3 Å². The third-order valence-corrected chi connectivity index (χ3v) is 2.32. The van der Waals surface area contributed by atoms with E-state index in [4.69, 9.17) is 9.47 Å². The van der Waals surface area contributed by atoms with Gasteiger partial charge in [-0.1, -0.05) is 6.07 Å². The summed E-state index contributed by atoms with van der Waals surface area (Å²) < 4.78 is 10.5. The molecular formula is C11H13NO3. The summed E-state index contributed by atoms with van der Waals surface area (Å²) in [6.45, 7) is 3.70. The summed E-state index contributed by atoms with van der Waals surface area (Å²) >= 11 is 0. The van der Waals surface area contributed by atoms with Gasteiger partial charge in [-0.05, 0) is 24.6 Å². The van der Waals surface area contributed by atoms with Gasteiger partial charge >= 0.3 is 0 Å². The Bertz CT molecular complexity index is 389. The molecule has 0 saturated carbocycles. The molecule has 15 heavy (non-hydrogen) atoms. The predicted molar refractivity (Wildman–Crippen MR) is 54.8 cm³/mol. The Hall–Kier alpha value is -1.71. The first kappa shape index (κ1) is 9.83. The Morgan fingerprint density at radius 3 is 2.87 bits per heavy atom. The van der Waals surface area contributed by atoms with E-state index < -0.39 is 0 Å². The minimum Gasteiger partial charge on any atom is -0.454 e. The molecule has 1 amide bonds. The fraction of sp³-hybridized carbons (Fsp3) is 0.364. The number of carbonyl (C=O) groups is 1. The number of fused-ring (bicyclic) bond motifs is 1. The van der Waals surface area contributed by atoms with Crippen molar-refractivity contribution in [3.8, 4) is 11.5 Å². The van der Waals surface area contributed by atoms with E-state index in [0.29, 0.717) is 0 Å². The lowest BCUT2D eigenvalue weighted by Gasteiger charge is -2.12. The Morgan fingerprint density at radius 1 is 1.40 bits per heavy atom. The zero-order valence-electron chi connectivity index (χ0n) is 8.74. The van der Waals surface area contributed by atoms with Crippen LogP contribution >= 0.6 is 0 Å². The van der Waals surface area contributed by atoms with Crippen molar-refractivity contribution in [2.24, 2.45) is 0 Å². The maximum absolute atomic E-state index is 10.9. The third kappa shape index (κ3) is 2.03. The maximum Gasteiger partial charge on any atom is 0.231 e. The summed E-state index contributed by atoms with van der Waals surface area (Å²) in [5, 5.41) is 2.81. The van der Waals surface area contributed by atoms with Gasteiger partial charge in [0.15, 0.2) is 11.5 Å². The molecule has 1 aliphatic rings. The molecule has 0 aromatic heterocycles. The largest absolute Gasteiger partial charge is 0.454 e. The Kier molecular flexibility index (Phi) is 2.49. The summed E-state index contributed by atoms with van der Waals surface area (Å²) in [4.78, 5) is 10.9. The molecule has 1 atom stereocenters. The van der Waals surface area contributed by atoms with Crippen LogP contribution in [0.1, 0.15) is 25.5 Å². The lowest BCUT2D eigenvalue weighted by molar-refractivity contribution is -0.119. The van der Waals surface area contributed by atoms with Gasteiger partial charge in [0.05, 0.1) is 6.04 Å². The second-order valence-electron chi connectivity index (χ2n) is 3.53. The van der Waals surface area contributed by atoms with Crippen LogP contribution in [0.3, 0.4) is 0 Å². The number of carbonyl (C=O) groups excluding carboxylic acids is 1. The van der Waals surface area contributed by atoms with Gasteiger partial charge in [-0.15, -0.1) is 0 Å². The topological polar surface area (TPSA) is 47.6 Å². The molecule has 80 valence electrons. The molecule has 0 radical (unpaired) electrons. The number of amides is 1. The molecule has 1 unspecified atom stereocenters. The van der Waals surface area contributed by atoms with Gasteiger partial charge in [0, 0.05) is 6.92 Å². The van der Waals surface area contributed by atoms with Crippen LogP contribution in [0.4, 0.5) is 0 Å². The second kappa shape index (κ2) is 3.81. The smallest absolute Gasteiger partial charge is 0.231 e. The molecule has 0 fully saturated rings. The van der Waals surface area contributed by atoms with Crippen molar-refractivity contribution in [1.29, 1.82) is 0 Å². The molecule has 0 bridgehead atoms. The van der Waals surface area contributed by atoms with E-state index >= 15 is 0 Å². The molecule has 1 aromatic carbocycles. The Balaban J connectivity index is 2.19. The van der Waals surface area contributed by atoms with Crippen molar-refractivity contribution in [3.63, 3.8) is 0 Å². The lowest BCUT2D eigenvalue weighted by Crippen LogP contribution is -2.23. The van der Waals surface area contributed by atoms with E-state index in [-0.39, 0.29) is 18.7 Å². The van der Waals surface area contributed by atoms with Crippen molar-refractivity contribution in [1.82, 2.24) is 5.32 Å². The lowest BCUT2D eigenvalue weighted by atomic mass is 10.1. The fourth-order valence-corrected chi connectivity index (χ4v) is 1.57. The minimum atomic E-state index is -0.0415. The Morgan fingerprint density at radius 2 is 2.13 bits per heavy atom. The van der Waals surface area contributed by atoms with E-state index in [1.54, 1.807) is 0 Å². The molecule has 1 N–H and O–H groups in total. The molecule has 1 aliphatic heterocycles. The van der Waals surface area contributed by atoms with Crippen molar-refractivity contribution in [3.05, 3.63) is 23.8 Å². The van der Waals surface area contributed by atoms with Crippen LogP contribution in [0.15, 0.2) is 18.2 Å². The first-order chi connectivity index (χ1) is 7.16. The van der Waals surface area contributed by atoms with E-state index in [2.05, 4.69) is 5.32 Å². The van der Waals surface area contributed by atoms with E-state index in [1.165, 1.54) is 6.92 Å². The molecule has 4 nitrogen and oxygen atoms in total. The molecule has 1 heterocycles. The van der Waals surface area contributed by atoms with Gasteiger partial charge in [-0.3, -0.25) is 4.79 Å². The van der Waals surface area contributed by atoms with Crippen LogP contribution in [0.25, 0.3) is 0 Å². The SMILES string of the molecule is CC(=O)NC(C)c1ccc2c(c1)OCO2. The molecule has 0 spiro atoms. The van der Waals surface area contributed by atoms with Crippen molar-refractivity contribution in [2.75, 3.05) is 6.79 Å². The summed E-state index contributed by atoms with van der Waals surface area (Å²) in [5.74, 6) is 1.46. The van der Waals surface area contributed by atoms with E-state index in [0.717, 1.165) is 17.1 Å². The fourth-order valence-electron chi connectivity index (χ4n) is 1.57. The number of hydrogen-bond donors (Lipinski definition) is 1. The number of benzene rings is 1. The molecule has 2 rings (SSSR count). The van der Waals surface area contributed by atoms with Crippen LogP contribution in [0.2, 0.25) is 0 Å². The number of hydrogen-bond acceptors (Lipinski definition) is 3. The van der Waals surface area contributed by atoms with Gasteiger partial charge in [0.25, 0.3) is 0 Å². The van der Waals surface area contributed by atoms with Gasteiger partial charge in [0.2, 0.25) is 12.7 Å². The summed E-state index contributed by atoms with van der Waals surface area (Å²) in [6, 6.07) is 5.66. The highest BCUT2D eigenvalue weighted by molar-refractivity contribution is 5.73. The minimum absolute atomic E-state index is 0.0167. The van der Waals surface area contributed by atoms with Crippen LogP contribution < -0.4 is 14.8 Å². The quantitative estimate of drug-likeness (QED) is 0.801. The predicted octanol–water partition coefficient (Wildman–Crippen LogP) is 1.61. The van der Waals surface area contributed by atoms with Crippen LogP contribution in [-0.2, 0) is 4.79 Å². The van der Waals surface area contributed by atoms with E-state index in [9.17, 15) is 4.79 Å². The van der Waals surface area contributed by atoms with Crippen molar-refractivity contribution >= 4 is 5.91 Å². The van der Waals surface area contributed by atoms with Crippen LogP contribution in [-0.4, -0.2) is 12.7 Å². The van der Waals surface area contributed by atoms with Crippen LogP contribution in [0.5, 0.6) is 11.5 Å². The average molecular weight is 207 g/mol. The van der Waals surface area contributed by atoms with Gasteiger partial charge < -0.3 is 14.8 Å². The summed E-state index contributed by atoms with van der Waals surface area (Å²) in [5.41, 5.74) is 1.01. The number of rotatable bonds is 2. The first-order valence-corrected chi connectivity index (χ1v) is 4.83. The van der Waals surface area contributed by atoms with Gasteiger partial charge in [-0.25, -0.2) is 0 Å². The van der Waals surface area contributed by atoms with Gasteiger partial charge in [-0.2, -0.15) is 0 Å². The number of ether oxygens (including phenoxy) is 2. The highest BCUT2D eigenvalue weighted by atomic mass is 16.7. The standard InChI is InChI=1S/C11H13NO3/c1-7(12-8(2)13)9-3-4-10-11(5-9)15-6-14-10/h3-5,7H,6H2,1-2H3,(H,12,13). The highest BCUT2D eigenvalue weighted by Crippen LogP contribution is 2.33. The molecule has 0 aliphatic carbocycles. The molecule has 0 saturated heterocycles. The van der Waals surface area contributed by atoms with Crippen molar-refractivity contribution in [2.45, 2.75) is 19.9 Å². The second-order valence-corrected chi connectivity index (χ2v) is 3.53. The third-order valence-electron chi connectivity index (χ3n) is 2.32. The first-order valence-electron chi connectivity index (χ1n) is 4.83. The zero-order valence-corrected chi connectivity index (χ0v) is 8.74. The molecular weight excluding hydrogens is 194 g/mol. The zero-order chi connectivity index (χ0) is 10.8. The average Bonchev–Trinajstić information content (AvgIpc) is 2.62. The molecule has 4 heteroatoms. The Labute approximate surface area is 88.2 Å². The van der Waals surface area contributed by atoms with Gasteiger partial charge in [0.1, 0.15) is 0 Å². The molecule has 1 aromatic rings. The van der Waals surface area contributed by atoms with E-state index in [1.807, 2.05) is 25.1 Å². The normalized spacial score (nSPS) is 14.8. The highest BCUT2D eigenvalue weighted by Gasteiger charge is 2.15. The monoisotopic (exact) mass is 207 g/mol. The summed E-state index contributed by atoms with van der Waals surface area (Å²) in [6.07, 6.45) is 0. The van der Waals surface area contributed by atoms with Crippen LogP contribution in [0, 0.1) is 0 Å². The summed E-state index contributed by atoms with van der Waals surface area (Å²) in [7, 11) is 0.